The first-order valence-electron chi connectivity index (χ1n) is 3.31. The van der Waals surface area contributed by atoms with Crippen LogP contribution in [-0.4, -0.2) is 14.6 Å². The van der Waals surface area contributed by atoms with Crippen LogP contribution in [0.25, 0.3) is 5.65 Å². The molecule has 12 heavy (non-hydrogen) atoms. The van der Waals surface area contributed by atoms with Crippen LogP contribution in [0.4, 0.5) is 5.82 Å². The van der Waals surface area contributed by atoms with Crippen molar-refractivity contribution in [3.05, 3.63) is 24.0 Å². The maximum absolute atomic E-state index is 8.56. The molecule has 58 valence electrons. The van der Waals surface area contributed by atoms with E-state index in [1.165, 1.54) is 10.6 Å². The number of nitriles is 1. The van der Waals surface area contributed by atoms with E-state index < -0.39 is 0 Å². The van der Waals surface area contributed by atoms with Gasteiger partial charge in [0, 0.05) is 12.1 Å². The summed E-state index contributed by atoms with van der Waals surface area (Å²) in [5.41, 5.74) is 6.48. The number of nitrogens with zero attached hydrogens (tertiary/aromatic N) is 4. The summed E-state index contributed by atoms with van der Waals surface area (Å²) in [7, 11) is 0. The van der Waals surface area contributed by atoms with E-state index in [0.29, 0.717) is 17.2 Å². The molecule has 5 nitrogen and oxygen atoms in total. The molecule has 0 fully saturated rings. The van der Waals surface area contributed by atoms with E-state index in [4.69, 9.17) is 11.0 Å². The monoisotopic (exact) mass is 159 g/mol. The Balaban J connectivity index is 2.86. The van der Waals surface area contributed by atoms with Crippen LogP contribution in [0.2, 0.25) is 0 Å². The summed E-state index contributed by atoms with van der Waals surface area (Å²) in [6.45, 7) is 0. The predicted octanol–water partition coefficient (Wildman–Crippen LogP) is 0.183. The zero-order valence-electron chi connectivity index (χ0n) is 6.10. The Bertz CT molecular complexity index is 464. The maximum Gasteiger partial charge on any atom is 0.158 e. The molecular weight excluding hydrogens is 154 g/mol. The number of hydrogen-bond donors (Lipinski definition) is 1. The van der Waals surface area contributed by atoms with Gasteiger partial charge in [-0.25, -0.2) is 4.98 Å². The minimum absolute atomic E-state index is 0.306. The third-order valence-corrected chi connectivity index (χ3v) is 1.50. The van der Waals surface area contributed by atoms with Gasteiger partial charge in [0.2, 0.25) is 0 Å². The molecule has 0 bridgehead atoms. The molecule has 2 rings (SSSR count). The number of nitrogen functional groups attached to an aromatic ring is 1. The summed E-state index contributed by atoms with van der Waals surface area (Å²) in [5.74, 6) is 0.418. The molecule has 0 aromatic carbocycles. The normalized spacial score (nSPS) is 9.92. The molecule has 0 saturated carbocycles. The average molecular weight is 159 g/mol. The largest absolute Gasteiger partial charge is 0.383 e. The van der Waals surface area contributed by atoms with Gasteiger partial charge in [-0.1, -0.05) is 0 Å². The lowest BCUT2D eigenvalue weighted by Gasteiger charge is -1.97. The molecule has 0 saturated heterocycles. The van der Waals surface area contributed by atoms with E-state index >= 15 is 0 Å². The van der Waals surface area contributed by atoms with Crippen molar-refractivity contribution in [2.24, 2.45) is 0 Å². The number of hydrogen-bond acceptors (Lipinski definition) is 4. The van der Waals surface area contributed by atoms with E-state index in [-0.39, 0.29) is 0 Å². The first-order chi connectivity index (χ1) is 5.81. The lowest BCUT2D eigenvalue weighted by atomic mass is 10.4. The Morgan fingerprint density at radius 3 is 3.17 bits per heavy atom. The Labute approximate surface area is 68.1 Å². The van der Waals surface area contributed by atoms with Gasteiger partial charge in [-0.3, -0.25) is 0 Å². The number of nitrogens with two attached hydrogens (primary N) is 1. The fraction of sp³-hybridized carbons (Fsp3) is 0. The van der Waals surface area contributed by atoms with Gasteiger partial charge in [-0.15, -0.1) is 0 Å². The van der Waals surface area contributed by atoms with Gasteiger partial charge >= 0.3 is 0 Å². The topological polar surface area (TPSA) is 80.0 Å². The molecule has 2 heterocycles. The average Bonchev–Trinajstić information content (AvgIpc) is 2.52. The summed E-state index contributed by atoms with van der Waals surface area (Å²) >= 11 is 0. The van der Waals surface area contributed by atoms with E-state index in [1.54, 1.807) is 12.3 Å². The number of rotatable bonds is 0. The molecule has 0 aliphatic carbocycles. The van der Waals surface area contributed by atoms with Crippen molar-refractivity contribution in [2.45, 2.75) is 0 Å². The van der Waals surface area contributed by atoms with E-state index in [1.807, 2.05) is 6.07 Å². The molecule has 2 aromatic heterocycles. The van der Waals surface area contributed by atoms with Gasteiger partial charge in [0.25, 0.3) is 0 Å². The van der Waals surface area contributed by atoms with Crippen LogP contribution < -0.4 is 5.73 Å². The van der Waals surface area contributed by atoms with Crippen molar-refractivity contribution in [3.8, 4) is 6.07 Å². The lowest BCUT2D eigenvalue weighted by molar-refractivity contribution is 0.948. The SMILES string of the molecule is N#Cc1cc(N)n2nccc2n1. The first-order valence-corrected chi connectivity index (χ1v) is 3.31. The van der Waals surface area contributed by atoms with Gasteiger partial charge in [0.1, 0.15) is 17.6 Å². The van der Waals surface area contributed by atoms with Crippen molar-refractivity contribution < 1.29 is 0 Å². The molecular formula is C7H5N5. The number of aromatic nitrogens is 3. The Morgan fingerprint density at radius 2 is 2.42 bits per heavy atom. The van der Waals surface area contributed by atoms with Gasteiger partial charge < -0.3 is 5.73 Å². The quantitative estimate of drug-likeness (QED) is 0.594. The van der Waals surface area contributed by atoms with Crippen LogP contribution in [0.1, 0.15) is 5.69 Å². The smallest absolute Gasteiger partial charge is 0.158 e. The minimum atomic E-state index is 0.306. The van der Waals surface area contributed by atoms with Crippen LogP contribution in [0.3, 0.4) is 0 Å². The standard InChI is InChI=1S/C7H5N5/c8-4-5-3-6(9)12-7(11-5)1-2-10-12/h1-3H,9H2. The second kappa shape index (κ2) is 2.20. The van der Waals surface area contributed by atoms with Crippen LogP contribution in [-0.2, 0) is 0 Å². The van der Waals surface area contributed by atoms with Crippen LogP contribution in [0.5, 0.6) is 0 Å². The highest BCUT2D eigenvalue weighted by Gasteiger charge is 2.01. The molecule has 5 heteroatoms. The third kappa shape index (κ3) is 0.787. The molecule has 2 N–H and O–H groups in total. The summed E-state index contributed by atoms with van der Waals surface area (Å²) in [5, 5.41) is 12.5. The summed E-state index contributed by atoms with van der Waals surface area (Å²) in [6, 6.07) is 5.10. The fourth-order valence-electron chi connectivity index (χ4n) is 0.994. The molecule has 0 radical (unpaired) electrons. The van der Waals surface area contributed by atoms with Crippen molar-refractivity contribution in [3.63, 3.8) is 0 Å². The highest BCUT2D eigenvalue weighted by atomic mass is 15.3. The molecule has 2 aromatic rings. The first kappa shape index (κ1) is 6.61. The zero-order chi connectivity index (χ0) is 8.55. The van der Waals surface area contributed by atoms with Crippen molar-refractivity contribution in [2.75, 3.05) is 5.73 Å². The lowest BCUT2D eigenvalue weighted by Crippen LogP contribution is -2.00. The molecule has 0 spiro atoms. The summed E-state index contributed by atoms with van der Waals surface area (Å²) < 4.78 is 1.47. The summed E-state index contributed by atoms with van der Waals surface area (Å²) in [4.78, 5) is 3.97. The summed E-state index contributed by atoms with van der Waals surface area (Å²) in [6.07, 6.45) is 1.58. The second-order valence-corrected chi connectivity index (χ2v) is 2.28. The van der Waals surface area contributed by atoms with Crippen molar-refractivity contribution in [1.82, 2.24) is 14.6 Å². The van der Waals surface area contributed by atoms with Crippen molar-refractivity contribution in [1.29, 1.82) is 5.26 Å². The number of anilines is 1. The van der Waals surface area contributed by atoms with Crippen LogP contribution in [0.15, 0.2) is 18.3 Å². The molecule has 0 unspecified atom stereocenters. The highest BCUT2D eigenvalue weighted by Crippen LogP contribution is 2.07. The molecule has 0 aliphatic heterocycles. The zero-order valence-corrected chi connectivity index (χ0v) is 6.10. The third-order valence-electron chi connectivity index (χ3n) is 1.50. The van der Waals surface area contributed by atoms with Crippen LogP contribution in [0, 0.1) is 11.3 Å². The van der Waals surface area contributed by atoms with Crippen molar-refractivity contribution >= 4 is 11.5 Å². The second-order valence-electron chi connectivity index (χ2n) is 2.28. The molecule has 0 atom stereocenters. The van der Waals surface area contributed by atoms with Gasteiger partial charge in [-0.2, -0.15) is 14.9 Å². The highest BCUT2D eigenvalue weighted by molar-refractivity contribution is 5.48. The van der Waals surface area contributed by atoms with Gasteiger partial charge in [-0.05, 0) is 0 Å². The van der Waals surface area contributed by atoms with Crippen LogP contribution >= 0.6 is 0 Å². The maximum atomic E-state index is 8.56. The van der Waals surface area contributed by atoms with E-state index in [0.717, 1.165) is 0 Å². The number of fused-ring (bicyclic) bond motifs is 1. The van der Waals surface area contributed by atoms with E-state index in [2.05, 4.69) is 10.1 Å². The Morgan fingerprint density at radius 1 is 1.58 bits per heavy atom. The molecule has 0 aliphatic rings. The Kier molecular flexibility index (Phi) is 1.21. The molecule has 0 amide bonds. The Hall–Kier alpha value is -2.09. The van der Waals surface area contributed by atoms with Gasteiger partial charge in [0.05, 0.1) is 6.20 Å². The van der Waals surface area contributed by atoms with Gasteiger partial charge in [0.15, 0.2) is 5.65 Å². The fourth-order valence-corrected chi connectivity index (χ4v) is 0.994. The minimum Gasteiger partial charge on any atom is -0.383 e. The van der Waals surface area contributed by atoms with E-state index in [9.17, 15) is 0 Å². The predicted molar refractivity (Wildman–Crippen MR) is 42.1 cm³/mol.